The topological polar surface area (TPSA) is 20.2 Å². The van der Waals surface area contributed by atoms with Crippen LogP contribution in [0.4, 0.5) is 0 Å². The summed E-state index contributed by atoms with van der Waals surface area (Å²) in [6.45, 7) is 6.69. The lowest BCUT2D eigenvalue weighted by Gasteiger charge is -2.19. The predicted octanol–water partition coefficient (Wildman–Crippen LogP) is 6.02. The Morgan fingerprint density at radius 1 is 0.522 bits per heavy atom. The molecule has 116 valence electrons. The van der Waals surface area contributed by atoms with Gasteiger partial charge in [0.25, 0.3) is 0 Å². The quantitative estimate of drug-likeness (QED) is 0.613. The van der Waals surface area contributed by atoms with Gasteiger partial charge in [-0.1, -0.05) is 81.4 Å². The van der Waals surface area contributed by atoms with Crippen molar-refractivity contribution >= 4 is 0 Å². The Hall–Kier alpha value is -2.54. The van der Waals surface area contributed by atoms with Gasteiger partial charge in [0.1, 0.15) is 5.75 Å². The summed E-state index contributed by atoms with van der Waals surface area (Å²) in [5.74, 6) is 0.296. The highest BCUT2D eigenvalue weighted by molar-refractivity contribution is 5.70. The molecule has 0 aromatic heterocycles. The molecule has 0 aliphatic heterocycles. The minimum absolute atomic E-state index is 0.182. The average molecular weight is 302 g/mol. The second-order valence-electron chi connectivity index (χ2n) is 6.95. The molecule has 1 heteroatoms. The maximum absolute atomic E-state index is 9.38. The zero-order valence-corrected chi connectivity index (χ0v) is 13.9. The minimum Gasteiger partial charge on any atom is -0.508 e. The zero-order valence-electron chi connectivity index (χ0n) is 13.9. The number of aromatic hydroxyl groups is 1. The van der Waals surface area contributed by atoms with E-state index in [4.69, 9.17) is 0 Å². The van der Waals surface area contributed by atoms with Gasteiger partial charge in [0, 0.05) is 0 Å². The third kappa shape index (κ3) is 3.45. The van der Waals surface area contributed by atoms with E-state index in [-0.39, 0.29) is 5.41 Å². The Kier molecular flexibility index (Phi) is 3.96. The van der Waals surface area contributed by atoms with E-state index >= 15 is 0 Å². The molecular formula is C22H22O. The summed E-state index contributed by atoms with van der Waals surface area (Å²) in [5, 5.41) is 9.38. The molecule has 0 radical (unpaired) electrons. The number of phenols is 1. The van der Waals surface area contributed by atoms with Gasteiger partial charge < -0.3 is 5.11 Å². The molecule has 3 rings (SSSR count). The standard InChI is InChI=1S/C22H22O/c1-22(2,3)20-12-8-18(9-13-20)16-4-6-17(7-5-16)19-10-14-21(23)15-11-19/h4-15,23H,1-3H3. The van der Waals surface area contributed by atoms with Crippen LogP contribution in [-0.4, -0.2) is 5.11 Å². The van der Waals surface area contributed by atoms with Crippen LogP contribution >= 0.6 is 0 Å². The number of hydrogen-bond donors (Lipinski definition) is 1. The van der Waals surface area contributed by atoms with Crippen LogP contribution in [0.5, 0.6) is 5.75 Å². The van der Waals surface area contributed by atoms with Crippen molar-refractivity contribution in [2.45, 2.75) is 26.2 Å². The van der Waals surface area contributed by atoms with E-state index in [2.05, 4.69) is 69.3 Å². The third-order valence-corrected chi connectivity index (χ3v) is 4.17. The van der Waals surface area contributed by atoms with Crippen LogP contribution < -0.4 is 0 Å². The van der Waals surface area contributed by atoms with Gasteiger partial charge in [-0.25, -0.2) is 0 Å². The smallest absolute Gasteiger partial charge is 0.115 e. The van der Waals surface area contributed by atoms with Crippen LogP contribution in [0.1, 0.15) is 26.3 Å². The van der Waals surface area contributed by atoms with Crippen molar-refractivity contribution < 1.29 is 5.11 Å². The minimum atomic E-state index is 0.182. The van der Waals surface area contributed by atoms with Crippen LogP contribution in [-0.2, 0) is 5.41 Å². The number of hydrogen-bond acceptors (Lipinski definition) is 1. The van der Waals surface area contributed by atoms with Gasteiger partial charge in [-0.05, 0) is 45.4 Å². The van der Waals surface area contributed by atoms with Crippen molar-refractivity contribution in [3.8, 4) is 28.0 Å². The molecule has 0 amide bonds. The van der Waals surface area contributed by atoms with Gasteiger partial charge in [-0.2, -0.15) is 0 Å². The molecule has 0 heterocycles. The molecule has 0 aliphatic rings. The van der Waals surface area contributed by atoms with E-state index in [1.54, 1.807) is 12.1 Å². The van der Waals surface area contributed by atoms with Crippen molar-refractivity contribution in [1.29, 1.82) is 0 Å². The summed E-state index contributed by atoms with van der Waals surface area (Å²) in [6.07, 6.45) is 0. The maximum Gasteiger partial charge on any atom is 0.115 e. The molecule has 0 atom stereocenters. The number of benzene rings is 3. The SMILES string of the molecule is CC(C)(C)c1ccc(-c2ccc(-c3ccc(O)cc3)cc2)cc1. The van der Waals surface area contributed by atoms with E-state index in [1.165, 1.54) is 16.7 Å². The fourth-order valence-corrected chi connectivity index (χ4v) is 2.67. The molecule has 23 heavy (non-hydrogen) atoms. The number of phenolic OH excluding ortho intramolecular Hbond substituents is 1. The van der Waals surface area contributed by atoms with Gasteiger partial charge in [-0.15, -0.1) is 0 Å². The van der Waals surface area contributed by atoms with E-state index in [1.807, 2.05) is 12.1 Å². The van der Waals surface area contributed by atoms with Gasteiger partial charge in [0.2, 0.25) is 0 Å². The van der Waals surface area contributed by atoms with Crippen molar-refractivity contribution in [2.75, 3.05) is 0 Å². The molecule has 0 aliphatic carbocycles. The van der Waals surface area contributed by atoms with Crippen molar-refractivity contribution in [3.63, 3.8) is 0 Å². The second-order valence-corrected chi connectivity index (χ2v) is 6.95. The van der Waals surface area contributed by atoms with Crippen LogP contribution in [0.2, 0.25) is 0 Å². The van der Waals surface area contributed by atoms with E-state index in [9.17, 15) is 5.11 Å². The van der Waals surface area contributed by atoms with Crippen molar-refractivity contribution in [3.05, 3.63) is 78.4 Å². The zero-order chi connectivity index (χ0) is 16.4. The van der Waals surface area contributed by atoms with Crippen molar-refractivity contribution in [2.24, 2.45) is 0 Å². The van der Waals surface area contributed by atoms with E-state index < -0.39 is 0 Å². The Morgan fingerprint density at radius 3 is 1.17 bits per heavy atom. The summed E-state index contributed by atoms with van der Waals surface area (Å²) < 4.78 is 0. The van der Waals surface area contributed by atoms with Crippen LogP contribution in [0, 0.1) is 0 Å². The molecular weight excluding hydrogens is 280 g/mol. The third-order valence-electron chi connectivity index (χ3n) is 4.17. The molecule has 0 saturated carbocycles. The molecule has 1 nitrogen and oxygen atoms in total. The highest BCUT2D eigenvalue weighted by atomic mass is 16.3. The normalized spacial score (nSPS) is 11.4. The second kappa shape index (κ2) is 5.92. The molecule has 3 aromatic rings. The van der Waals surface area contributed by atoms with Crippen LogP contribution in [0.15, 0.2) is 72.8 Å². The summed E-state index contributed by atoms with van der Waals surface area (Å²) in [5.41, 5.74) is 6.24. The summed E-state index contributed by atoms with van der Waals surface area (Å²) >= 11 is 0. The summed E-state index contributed by atoms with van der Waals surface area (Å²) in [4.78, 5) is 0. The lowest BCUT2D eigenvalue weighted by Crippen LogP contribution is -2.10. The fraction of sp³-hybridized carbons (Fsp3) is 0.182. The first kappa shape index (κ1) is 15.4. The molecule has 0 fully saturated rings. The average Bonchev–Trinajstić information content (AvgIpc) is 2.55. The molecule has 0 bridgehead atoms. The molecule has 0 unspecified atom stereocenters. The van der Waals surface area contributed by atoms with Gasteiger partial charge >= 0.3 is 0 Å². The Labute approximate surface area is 138 Å². The first-order valence-electron chi connectivity index (χ1n) is 7.94. The number of rotatable bonds is 2. The Morgan fingerprint density at radius 2 is 0.826 bits per heavy atom. The fourth-order valence-electron chi connectivity index (χ4n) is 2.67. The summed E-state index contributed by atoms with van der Waals surface area (Å²) in [6, 6.07) is 24.6. The predicted molar refractivity (Wildman–Crippen MR) is 97.7 cm³/mol. The molecule has 3 aromatic carbocycles. The lowest BCUT2D eigenvalue weighted by molar-refractivity contribution is 0.475. The van der Waals surface area contributed by atoms with E-state index in [0.29, 0.717) is 5.75 Å². The Bertz CT molecular complexity index is 773. The molecule has 0 saturated heterocycles. The van der Waals surface area contributed by atoms with E-state index in [0.717, 1.165) is 11.1 Å². The Balaban J connectivity index is 1.86. The monoisotopic (exact) mass is 302 g/mol. The van der Waals surface area contributed by atoms with Gasteiger partial charge in [0.05, 0.1) is 0 Å². The van der Waals surface area contributed by atoms with Crippen molar-refractivity contribution in [1.82, 2.24) is 0 Å². The van der Waals surface area contributed by atoms with Gasteiger partial charge in [0.15, 0.2) is 0 Å². The highest BCUT2D eigenvalue weighted by Gasteiger charge is 2.13. The summed E-state index contributed by atoms with van der Waals surface area (Å²) in [7, 11) is 0. The maximum atomic E-state index is 9.38. The van der Waals surface area contributed by atoms with Crippen LogP contribution in [0.25, 0.3) is 22.3 Å². The first-order chi connectivity index (χ1) is 10.9. The highest BCUT2D eigenvalue weighted by Crippen LogP contribution is 2.28. The van der Waals surface area contributed by atoms with Crippen LogP contribution in [0.3, 0.4) is 0 Å². The largest absolute Gasteiger partial charge is 0.508 e. The van der Waals surface area contributed by atoms with Gasteiger partial charge in [-0.3, -0.25) is 0 Å². The molecule has 0 spiro atoms. The molecule has 1 N–H and O–H groups in total. The lowest BCUT2D eigenvalue weighted by atomic mass is 9.86. The first-order valence-corrected chi connectivity index (χ1v) is 7.94.